The quantitative estimate of drug-likeness (QED) is 0.812. The minimum atomic E-state index is -0.264. The molecule has 1 aromatic carbocycles. The second-order valence-electron chi connectivity index (χ2n) is 4.34. The van der Waals surface area contributed by atoms with Crippen molar-refractivity contribution in [2.75, 3.05) is 13.7 Å². The summed E-state index contributed by atoms with van der Waals surface area (Å²) in [4.78, 5) is 10.9. The van der Waals surface area contributed by atoms with E-state index in [-0.39, 0.29) is 24.2 Å². The lowest BCUT2D eigenvalue weighted by atomic mass is 9.75. The molecule has 0 spiro atoms. The lowest BCUT2D eigenvalue weighted by Crippen LogP contribution is -2.42. The maximum absolute atomic E-state index is 13.5. The fourth-order valence-electron chi connectivity index (χ4n) is 2.14. The van der Waals surface area contributed by atoms with E-state index in [4.69, 9.17) is 0 Å². The molecule has 0 heterocycles. The number of ether oxygens (including phenoxy) is 1. The van der Waals surface area contributed by atoms with Gasteiger partial charge in [0.05, 0.1) is 13.7 Å². The van der Waals surface area contributed by atoms with Crippen molar-refractivity contribution in [1.82, 2.24) is 5.32 Å². The fraction of sp³-hybridized carbons (Fsp3) is 0.462. The van der Waals surface area contributed by atoms with Gasteiger partial charge in [0, 0.05) is 6.04 Å². The molecule has 1 N–H and O–H groups in total. The van der Waals surface area contributed by atoms with Gasteiger partial charge in [0.1, 0.15) is 5.82 Å². The van der Waals surface area contributed by atoms with Gasteiger partial charge in [-0.1, -0.05) is 18.2 Å². The van der Waals surface area contributed by atoms with Crippen LogP contribution in [-0.4, -0.2) is 25.7 Å². The molecule has 0 unspecified atom stereocenters. The molecule has 4 heteroatoms. The molecule has 0 aliphatic heterocycles. The molecule has 0 atom stereocenters. The van der Waals surface area contributed by atoms with Crippen molar-refractivity contribution in [2.24, 2.45) is 0 Å². The van der Waals surface area contributed by atoms with Crippen LogP contribution in [-0.2, 0) is 9.53 Å². The summed E-state index contributed by atoms with van der Waals surface area (Å²) < 4.78 is 18.0. The van der Waals surface area contributed by atoms with E-state index in [0.29, 0.717) is 6.04 Å². The SMILES string of the molecule is COC(=O)CNC1CC(c2ccccc2F)C1. The van der Waals surface area contributed by atoms with Gasteiger partial charge in [-0.15, -0.1) is 0 Å². The van der Waals surface area contributed by atoms with Crippen molar-refractivity contribution >= 4 is 5.97 Å². The molecule has 1 fully saturated rings. The monoisotopic (exact) mass is 237 g/mol. The third-order valence-corrected chi connectivity index (χ3v) is 3.25. The Balaban J connectivity index is 1.79. The Hall–Kier alpha value is -1.42. The Kier molecular flexibility index (Phi) is 3.74. The summed E-state index contributed by atoms with van der Waals surface area (Å²) in [6.07, 6.45) is 1.75. The lowest BCUT2D eigenvalue weighted by Gasteiger charge is -2.36. The number of rotatable bonds is 4. The molecule has 1 aromatic rings. The maximum Gasteiger partial charge on any atom is 0.319 e. The van der Waals surface area contributed by atoms with E-state index in [9.17, 15) is 9.18 Å². The first-order chi connectivity index (χ1) is 8.20. The highest BCUT2D eigenvalue weighted by molar-refractivity contribution is 5.71. The molecule has 0 saturated heterocycles. The smallest absolute Gasteiger partial charge is 0.319 e. The summed E-state index contributed by atoms with van der Waals surface area (Å²) in [5.41, 5.74) is 0.781. The van der Waals surface area contributed by atoms with E-state index >= 15 is 0 Å². The third kappa shape index (κ3) is 2.82. The number of hydrogen-bond acceptors (Lipinski definition) is 3. The van der Waals surface area contributed by atoms with Gasteiger partial charge in [-0.05, 0) is 30.4 Å². The number of carbonyl (C=O) groups is 1. The van der Waals surface area contributed by atoms with Crippen LogP contribution in [0.4, 0.5) is 4.39 Å². The molecule has 0 amide bonds. The van der Waals surface area contributed by atoms with Crippen LogP contribution in [0.25, 0.3) is 0 Å². The molecule has 0 radical (unpaired) electrons. The van der Waals surface area contributed by atoms with Crippen molar-refractivity contribution in [3.63, 3.8) is 0 Å². The van der Waals surface area contributed by atoms with Crippen LogP contribution in [0, 0.1) is 5.82 Å². The van der Waals surface area contributed by atoms with Gasteiger partial charge < -0.3 is 10.1 Å². The van der Waals surface area contributed by atoms with Crippen LogP contribution in [0.1, 0.15) is 24.3 Å². The summed E-state index contributed by atoms with van der Waals surface area (Å²) >= 11 is 0. The van der Waals surface area contributed by atoms with Crippen molar-refractivity contribution in [2.45, 2.75) is 24.8 Å². The van der Waals surface area contributed by atoms with E-state index in [1.807, 2.05) is 12.1 Å². The Morgan fingerprint density at radius 1 is 1.47 bits per heavy atom. The Bertz CT molecular complexity index is 402. The van der Waals surface area contributed by atoms with Crippen LogP contribution in [0.5, 0.6) is 0 Å². The van der Waals surface area contributed by atoms with Gasteiger partial charge in [0.25, 0.3) is 0 Å². The molecule has 92 valence electrons. The molecular formula is C13H16FNO2. The summed E-state index contributed by atoms with van der Waals surface area (Å²) in [7, 11) is 1.37. The largest absolute Gasteiger partial charge is 0.468 e. The van der Waals surface area contributed by atoms with Gasteiger partial charge in [0.15, 0.2) is 0 Å². The average Bonchev–Trinajstić information content (AvgIpc) is 2.28. The average molecular weight is 237 g/mol. The Labute approximate surface area is 100.0 Å². The van der Waals surface area contributed by atoms with Gasteiger partial charge >= 0.3 is 5.97 Å². The first-order valence-corrected chi connectivity index (χ1v) is 5.75. The zero-order valence-corrected chi connectivity index (χ0v) is 9.78. The highest BCUT2D eigenvalue weighted by Gasteiger charge is 2.31. The molecule has 1 saturated carbocycles. The van der Waals surface area contributed by atoms with Gasteiger partial charge in [0.2, 0.25) is 0 Å². The number of hydrogen-bond donors (Lipinski definition) is 1. The predicted octanol–water partition coefficient (Wildman–Crippen LogP) is 1.83. The summed E-state index contributed by atoms with van der Waals surface area (Å²) in [5, 5.41) is 3.09. The topological polar surface area (TPSA) is 38.3 Å². The second kappa shape index (κ2) is 5.27. The van der Waals surface area contributed by atoms with E-state index in [1.54, 1.807) is 6.07 Å². The van der Waals surface area contributed by atoms with Crippen molar-refractivity contribution in [3.05, 3.63) is 35.6 Å². The van der Waals surface area contributed by atoms with Crippen molar-refractivity contribution in [3.8, 4) is 0 Å². The highest BCUT2D eigenvalue weighted by atomic mass is 19.1. The number of halogens is 1. The van der Waals surface area contributed by atoms with Crippen LogP contribution >= 0.6 is 0 Å². The van der Waals surface area contributed by atoms with E-state index in [2.05, 4.69) is 10.1 Å². The van der Waals surface area contributed by atoms with Gasteiger partial charge in [-0.2, -0.15) is 0 Å². The molecule has 0 bridgehead atoms. The highest BCUT2D eigenvalue weighted by Crippen LogP contribution is 2.37. The van der Waals surface area contributed by atoms with Crippen LogP contribution in [0.2, 0.25) is 0 Å². The minimum Gasteiger partial charge on any atom is -0.468 e. The lowest BCUT2D eigenvalue weighted by molar-refractivity contribution is -0.139. The minimum absolute atomic E-state index is 0.135. The molecule has 17 heavy (non-hydrogen) atoms. The molecular weight excluding hydrogens is 221 g/mol. The van der Waals surface area contributed by atoms with Crippen molar-refractivity contribution in [1.29, 1.82) is 0 Å². The second-order valence-corrected chi connectivity index (χ2v) is 4.34. The third-order valence-electron chi connectivity index (χ3n) is 3.25. The Morgan fingerprint density at radius 2 is 2.18 bits per heavy atom. The first kappa shape index (κ1) is 12.0. The van der Waals surface area contributed by atoms with Gasteiger partial charge in [-0.3, -0.25) is 4.79 Å². The first-order valence-electron chi connectivity index (χ1n) is 5.75. The van der Waals surface area contributed by atoms with E-state index in [0.717, 1.165) is 18.4 Å². The molecule has 3 nitrogen and oxygen atoms in total. The molecule has 1 aliphatic rings. The van der Waals surface area contributed by atoms with Crippen LogP contribution in [0.3, 0.4) is 0 Å². The summed E-state index contributed by atoms with van der Waals surface area (Å²) in [5.74, 6) is -0.130. The number of nitrogens with one attached hydrogen (secondary N) is 1. The maximum atomic E-state index is 13.5. The molecule has 1 aliphatic carbocycles. The van der Waals surface area contributed by atoms with Crippen LogP contribution in [0.15, 0.2) is 24.3 Å². The zero-order chi connectivity index (χ0) is 12.3. The standard InChI is InChI=1S/C13H16FNO2/c1-17-13(16)8-15-10-6-9(7-10)11-4-2-3-5-12(11)14/h2-5,9-10,15H,6-8H2,1H3. The van der Waals surface area contributed by atoms with E-state index in [1.165, 1.54) is 13.2 Å². The van der Waals surface area contributed by atoms with Gasteiger partial charge in [-0.25, -0.2) is 4.39 Å². The van der Waals surface area contributed by atoms with Crippen molar-refractivity contribution < 1.29 is 13.9 Å². The molecule has 2 rings (SSSR count). The summed E-state index contributed by atoms with van der Waals surface area (Å²) in [6.45, 7) is 0.227. The number of benzene rings is 1. The zero-order valence-electron chi connectivity index (χ0n) is 9.78. The fourth-order valence-corrected chi connectivity index (χ4v) is 2.14. The van der Waals surface area contributed by atoms with Crippen LogP contribution < -0.4 is 5.32 Å². The normalized spacial score (nSPS) is 22.9. The number of esters is 1. The Morgan fingerprint density at radius 3 is 2.82 bits per heavy atom. The number of carbonyl (C=O) groups excluding carboxylic acids is 1. The predicted molar refractivity (Wildman–Crippen MR) is 62.2 cm³/mol. The summed E-state index contributed by atoms with van der Waals surface area (Å²) in [6, 6.07) is 7.16. The number of methoxy groups -OCH3 is 1. The molecule has 0 aromatic heterocycles. The van der Waals surface area contributed by atoms with E-state index < -0.39 is 0 Å².